The summed E-state index contributed by atoms with van der Waals surface area (Å²) in [6.07, 6.45) is 3.56. The molecule has 1 aliphatic carbocycles. The number of benzene rings is 1. The maximum atomic E-state index is 12.0. The number of nitrogens with zero attached hydrogens (tertiary/aromatic N) is 1. The van der Waals surface area contributed by atoms with Crippen molar-refractivity contribution in [1.82, 2.24) is 10.6 Å². The number of carbonyl (C=O) groups is 1. The number of hydrogen-bond acceptors (Lipinski definition) is 5. The van der Waals surface area contributed by atoms with Gasteiger partial charge in [-0.15, -0.1) is 24.8 Å². The fourth-order valence-electron chi connectivity index (χ4n) is 3.08. The van der Waals surface area contributed by atoms with Crippen LogP contribution in [0, 0.1) is 5.92 Å². The molecule has 2 fully saturated rings. The predicted octanol–water partition coefficient (Wildman–Crippen LogP) is 2.24. The van der Waals surface area contributed by atoms with Crippen LogP contribution in [0.25, 0.3) is 0 Å². The zero-order valence-electron chi connectivity index (χ0n) is 15.3. The van der Waals surface area contributed by atoms with Crippen LogP contribution in [-0.2, 0) is 4.79 Å². The third-order valence-electron chi connectivity index (χ3n) is 4.67. The Kier molecular flexibility index (Phi) is 9.33. The standard InChI is InChI=1S/C18H27N3O3.2ClH/c1-23-16-7-15(8-17(9-16)24-2)21-6-5-14(12-21)20-18(22)11-19-10-13-3-4-13;;/h7-9,13-14,19H,3-6,10-12H2,1-2H3,(H,20,22);2*1H. The van der Waals surface area contributed by atoms with Gasteiger partial charge in [-0.05, 0) is 31.7 Å². The highest BCUT2D eigenvalue weighted by Crippen LogP contribution is 2.30. The SMILES string of the molecule is COc1cc(OC)cc(N2CCC(NC(=O)CNCC3CC3)C2)c1.Cl.Cl. The van der Waals surface area contributed by atoms with Crippen LogP contribution in [0.4, 0.5) is 5.69 Å². The summed E-state index contributed by atoms with van der Waals surface area (Å²) in [6.45, 7) is 3.11. The van der Waals surface area contributed by atoms with E-state index in [1.165, 1.54) is 12.8 Å². The minimum atomic E-state index is 0. The molecule has 2 N–H and O–H groups in total. The van der Waals surface area contributed by atoms with Gasteiger partial charge in [-0.25, -0.2) is 0 Å². The van der Waals surface area contributed by atoms with Crippen molar-refractivity contribution in [2.24, 2.45) is 5.92 Å². The zero-order valence-corrected chi connectivity index (χ0v) is 17.0. The Hall–Kier alpha value is -1.37. The van der Waals surface area contributed by atoms with Crippen molar-refractivity contribution in [1.29, 1.82) is 0 Å². The van der Waals surface area contributed by atoms with E-state index in [9.17, 15) is 4.79 Å². The van der Waals surface area contributed by atoms with Gasteiger partial charge in [0.25, 0.3) is 0 Å². The van der Waals surface area contributed by atoms with Gasteiger partial charge < -0.3 is 25.0 Å². The first-order valence-corrected chi connectivity index (χ1v) is 8.66. The lowest BCUT2D eigenvalue weighted by molar-refractivity contribution is -0.120. The lowest BCUT2D eigenvalue weighted by atomic mass is 10.2. The van der Waals surface area contributed by atoms with Crippen LogP contribution in [0.5, 0.6) is 11.5 Å². The number of nitrogens with one attached hydrogen (secondary N) is 2. The van der Waals surface area contributed by atoms with Crippen molar-refractivity contribution >= 4 is 36.4 Å². The fraction of sp³-hybridized carbons (Fsp3) is 0.611. The highest BCUT2D eigenvalue weighted by molar-refractivity contribution is 5.85. The first-order valence-electron chi connectivity index (χ1n) is 8.66. The number of anilines is 1. The molecule has 1 aromatic rings. The molecule has 148 valence electrons. The molecule has 1 saturated heterocycles. The Morgan fingerprint density at radius 3 is 2.35 bits per heavy atom. The van der Waals surface area contributed by atoms with Crippen molar-refractivity contribution in [2.75, 3.05) is 45.3 Å². The number of carbonyl (C=O) groups excluding carboxylic acids is 1. The van der Waals surface area contributed by atoms with Crippen molar-refractivity contribution in [3.63, 3.8) is 0 Å². The largest absolute Gasteiger partial charge is 0.497 e. The molecular weight excluding hydrogens is 377 g/mol. The second-order valence-corrected chi connectivity index (χ2v) is 6.64. The van der Waals surface area contributed by atoms with Crippen LogP contribution in [0.2, 0.25) is 0 Å². The molecule has 0 bridgehead atoms. The highest BCUT2D eigenvalue weighted by Gasteiger charge is 2.25. The molecule has 1 saturated carbocycles. The molecule has 1 aromatic carbocycles. The summed E-state index contributed by atoms with van der Waals surface area (Å²) in [5.41, 5.74) is 1.06. The molecule has 1 atom stereocenters. The summed E-state index contributed by atoms with van der Waals surface area (Å²) < 4.78 is 10.7. The van der Waals surface area contributed by atoms with Gasteiger partial charge in [0.2, 0.25) is 5.91 Å². The van der Waals surface area contributed by atoms with E-state index in [0.29, 0.717) is 6.54 Å². The number of hydrogen-bond donors (Lipinski definition) is 2. The van der Waals surface area contributed by atoms with Gasteiger partial charge in [0.1, 0.15) is 11.5 Å². The quantitative estimate of drug-likeness (QED) is 0.694. The van der Waals surface area contributed by atoms with E-state index in [1.807, 2.05) is 18.2 Å². The van der Waals surface area contributed by atoms with Crippen LogP contribution in [0.3, 0.4) is 0 Å². The Labute approximate surface area is 167 Å². The predicted molar refractivity (Wildman–Crippen MR) is 108 cm³/mol. The van der Waals surface area contributed by atoms with Crippen LogP contribution in [-0.4, -0.2) is 52.3 Å². The summed E-state index contributed by atoms with van der Waals surface area (Å²) in [6, 6.07) is 6.07. The number of rotatable bonds is 8. The smallest absolute Gasteiger partial charge is 0.234 e. The minimum absolute atomic E-state index is 0. The van der Waals surface area contributed by atoms with Crippen molar-refractivity contribution < 1.29 is 14.3 Å². The fourth-order valence-corrected chi connectivity index (χ4v) is 3.08. The Morgan fingerprint density at radius 2 is 1.77 bits per heavy atom. The van der Waals surface area contributed by atoms with Gasteiger partial charge in [0.05, 0.1) is 20.8 Å². The van der Waals surface area contributed by atoms with Gasteiger partial charge in [-0.2, -0.15) is 0 Å². The average molecular weight is 406 g/mol. The molecule has 1 amide bonds. The van der Waals surface area contributed by atoms with Crippen molar-refractivity contribution in [3.8, 4) is 11.5 Å². The molecule has 2 aliphatic rings. The summed E-state index contributed by atoms with van der Waals surface area (Å²) in [7, 11) is 3.31. The molecule has 3 rings (SSSR count). The summed E-state index contributed by atoms with van der Waals surface area (Å²) in [5, 5.41) is 6.36. The third-order valence-corrected chi connectivity index (χ3v) is 4.67. The number of ether oxygens (including phenoxy) is 2. The van der Waals surface area contributed by atoms with Gasteiger partial charge in [0.15, 0.2) is 0 Å². The van der Waals surface area contributed by atoms with Crippen LogP contribution >= 0.6 is 24.8 Å². The van der Waals surface area contributed by atoms with Crippen LogP contribution in [0.15, 0.2) is 18.2 Å². The second kappa shape index (κ2) is 10.7. The van der Waals surface area contributed by atoms with E-state index in [1.54, 1.807) is 14.2 Å². The van der Waals surface area contributed by atoms with E-state index >= 15 is 0 Å². The molecule has 8 heteroatoms. The van der Waals surface area contributed by atoms with E-state index in [2.05, 4.69) is 15.5 Å². The Balaban J connectivity index is 0.00000169. The minimum Gasteiger partial charge on any atom is -0.497 e. The van der Waals surface area contributed by atoms with Crippen LogP contribution < -0.4 is 25.0 Å². The van der Waals surface area contributed by atoms with Gasteiger partial charge in [-0.3, -0.25) is 4.79 Å². The third kappa shape index (κ3) is 6.41. The summed E-state index contributed by atoms with van der Waals surface area (Å²) in [5.74, 6) is 2.44. The second-order valence-electron chi connectivity index (χ2n) is 6.64. The monoisotopic (exact) mass is 405 g/mol. The topological polar surface area (TPSA) is 62.8 Å². The molecule has 0 radical (unpaired) electrons. The van der Waals surface area contributed by atoms with E-state index in [-0.39, 0.29) is 36.8 Å². The molecule has 1 aliphatic heterocycles. The number of halogens is 2. The van der Waals surface area contributed by atoms with Gasteiger partial charge >= 0.3 is 0 Å². The van der Waals surface area contributed by atoms with E-state index < -0.39 is 0 Å². The molecule has 26 heavy (non-hydrogen) atoms. The lowest BCUT2D eigenvalue weighted by Gasteiger charge is -2.20. The maximum absolute atomic E-state index is 12.0. The first-order chi connectivity index (χ1) is 11.7. The van der Waals surface area contributed by atoms with E-state index in [0.717, 1.165) is 49.2 Å². The normalized spacial score (nSPS) is 18.5. The van der Waals surface area contributed by atoms with E-state index in [4.69, 9.17) is 9.47 Å². The molecule has 1 heterocycles. The number of amides is 1. The van der Waals surface area contributed by atoms with Gasteiger partial charge in [0, 0.05) is 43.0 Å². The van der Waals surface area contributed by atoms with Crippen molar-refractivity contribution in [3.05, 3.63) is 18.2 Å². The Bertz CT molecular complexity index is 563. The van der Waals surface area contributed by atoms with Crippen molar-refractivity contribution in [2.45, 2.75) is 25.3 Å². The molecule has 0 spiro atoms. The van der Waals surface area contributed by atoms with Crippen LogP contribution in [0.1, 0.15) is 19.3 Å². The molecule has 0 aromatic heterocycles. The molecule has 6 nitrogen and oxygen atoms in total. The Morgan fingerprint density at radius 1 is 1.12 bits per heavy atom. The average Bonchev–Trinajstić information content (AvgIpc) is 3.30. The molecule has 1 unspecified atom stereocenters. The zero-order chi connectivity index (χ0) is 16.9. The highest BCUT2D eigenvalue weighted by atomic mass is 35.5. The maximum Gasteiger partial charge on any atom is 0.234 e. The lowest BCUT2D eigenvalue weighted by Crippen LogP contribution is -2.42. The molecular formula is C18H29Cl2N3O3. The van der Waals surface area contributed by atoms with Gasteiger partial charge in [-0.1, -0.05) is 0 Å². The first kappa shape index (κ1) is 22.7. The summed E-state index contributed by atoms with van der Waals surface area (Å²) >= 11 is 0. The number of methoxy groups -OCH3 is 2. The summed E-state index contributed by atoms with van der Waals surface area (Å²) in [4.78, 5) is 14.3.